The van der Waals surface area contributed by atoms with Gasteiger partial charge in [-0.3, -0.25) is 60.7 Å². The van der Waals surface area contributed by atoms with Crippen LogP contribution >= 0.6 is 0 Å². The summed E-state index contributed by atoms with van der Waals surface area (Å²) in [6.07, 6.45) is 1.09. The number of amides is 2. The molecule has 25 nitrogen and oxygen atoms in total. The molecule has 25 heteroatoms. The number of carbonyl (C=O) groups excluding carboxylic acids is 1. The highest BCUT2D eigenvalue weighted by Gasteiger charge is 2.32. The Morgan fingerprint density at radius 3 is 0.976 bits per heavy atom. The van der Waals surface area contributed by atoms with Crippen molar-refractivity contribution in [1.82, 2.24) is 0 Å². The summed E-state index contributed by atoms with van der Waals surface area (Å²) in [5, 5.41) is 82.3. The van der Waals surface area contributed by atoms with Gasteiger partial charge in [0.05, 0.1) is 58.9 Å². The fraction of sp³-hybridized carbons (Fsp3) is 0. The molecule has 0 aliphatic carbocycles. The number of nitrogens with zero attached hydrogens (tertiary/aromatic N) is 10. The molecular formula is C16H6N10O15. The molecule has 2 aromatic rings. The van der Waals surface area contributed by atoms with Gasteiger partial charge in [-0.15, -0.1) is 0 Å². The SMILES string of the molecule is O=C1N=NC([N+](=O)[O-])=N1.O=[N+]([O-])c1cc([N+](=O)[O-])c(C=Cc2c([N+](=O)[O-])cc([N+](=O)[O-])cc2[N+](=O)[O-])c([N+](=O)[O-])c1. The first-order chi connectivity index (χ1) is 19.0. The molecule has 2 amide bonds. The molecule has 0 spiro atoms. The maximum atomic E-state index is 11.3. The van der Waals surface area contributed by atoms with E-state index < -0.39 is 91.7 Å². The Labute approximate surface area is 219 Å². The Hall–Kier alpha value is -7.08. The largest absolute Gasteiger partial charge is 0.496 e. The highest BCUT2D eigenvalue weighted by atomic mass is 16.7. The van der Waals surface area contributed by atoms with Gasteiger partial charge in [-0.05, 0) is 17.1 Å². The normalized spacial score (nSPS) is 11.8. The topological polar surface area (TPSA) is 356 Å². The lowest BCUT2D eigenvalue weighted by atomic mass is 10.0. The lowest BCUT2D eigenvalue weighted by molar-refractivity contribution is -0.403. The van der Waals surface area contributed by atoms with Crippen LogP contribution in [0.4, 0.5) is 38.9 Å². The fourth-order valence-corrected chi connectivity index (χ4v) is 2.84. The number of benzene rings is 2. The highest BCUT2D eigenvalue weighted by molar-refractivity contribution is 5.93. The van der Waals surface area contributed by atoms with Gasteiger partial charge < -0.3 is 10.1 Å². The number of nitro benzene ring substituents is 6. The molecule has 0 unspecified atom stereocenters. The minimum Gasteiger partial charge on any atom is -0.390 e. The molecule has 2 aromatic carbocycles. The summed E-state index contributed by atoms with van der Waals surface area (Å²) in [6, 6.07) is 0.648. The number of hydrogen-bond donors (Lipinski definition) is 0. The number of nitro groups is 7. The molecule has 0 aromatic heterocycles. The Morgan fingerprint density at radius 1 is 0.488 bits per heavy atom. The number of non-ortho nitro benzene ring substituents is 2. The number of azo groups is 1. The van der Waals surface area contributed by atoms with Gasteiger partial charge in [0.25, 0.3) is 34.1 Å². The van der Waals surface area contributed by atoms with Crippen LogP contribution in [0.1, 0.15) is 11.1 Å². The van der Waals surface area contributed by atoms with Crippen LogP contribution in [0.25, 0.3) is 12.2 Å². The molecule has 210 valence electrons. The van der Waals surface area contributed by atoms with E-state index in [0.29, 0.717) is 36.4 Å². The molecule has 0 saturated carbocycles. The van der Waals surface area contributed by atoms with Crippen molar-refractivity contribution < 1.29 is 39.3 Å². The third-order valence-corrected chi connectivity index (χ3v) is 4.45. The molecule has 0 fully saturated rings. The zero-order valence-electron chi connectivity index (χ0n) is 19.1. The van der Waals surface area contributed by atoms with E-state index in [2.05, 4.69) is 15.2 Å². The van der Waals surface area contributed by atoms with E-state index in [9.17, 15) is 75.6 Å². The first kappa shape index (κ1) is 30.1. The van der Waals surface area contributed by atoms with Crippen LogP contribution in [-0.4, -0.2) is 46.5 Å². The van der Waals surface area contributed by atoms with Crippen LogP contribution in [0.15, 0.2) is 39.5 Å². The summed E-state index contributed by atoms with van der Waals surface area (Å²) in [5.74, 6) is -0.750. The van der Waals surface area contributed by atoms with Gasteiger partial charge in [-0.25, -0.2) is 4.79 Å². The molecule has 1 heterocycles. The molecule has 0 N–H and O–H groups in total. The zero-order valence-corrected chi connectivity index (χ0v) is 19.1. The van der Waals surface area contributed by atoms with E-state index in [-0.39, 0.29) is 0 Å². The third-order valence-electron chi connectivity index (χ3n) is 4.45. The number of guanidine groups is 1. The second kappa shape index (κ2) is 12.0. The van der Waals surface area contributed by atoms with E-state index in [1.54, 1.807) is 0 Å². The van der Waals surface area contributed by atoms with Crippen molar-refractivity contribution in [3.8, 4) is 0 Å². The number of aliphatic imine (C=N–C) groups is 1. The number of rotatable bonds is 8. The van der Waals surface area contributed by atoms with E-state index in [1.165, 1.54) is 0 Å². The predicted molar refractivity (Wildman–Crippen MR) is 126 cm³/mol. The zero-order chi connectivity index (χ0) is 31.2. The molecular weight excluding hydrogens is 572 g/mol. The molecule has 1 aliphatic rings. The summed E-state index contributed by atoms with van der Waals surface area (Å²) in [7, 11) is 0. The van der Waals surface area contributed by atoms with Crippen LogP contribution < -0.4 is 0 Å². The quantitative estimate of drug-likeness (QED) is 0.245. The summed E-state index contributed by atoms with van der Waals surface area (Å²) in [6.45, 7) is 0. The Kier molecular flexibility index (Phi) is 8.81. The molecule has 1 aliphatic heterocycles. The van der Waals surface area contributed by atoms with Gasteiger partial charge >= 0.3 is 12.0 Å². The van der Waals surface area contributed by atoms with Gasteiger partial charge in [0, 0.05) is 10.1 Å². The van der Waals surface area contributed by atoms with Crippen LogP contribution in [0.3, 0.4) is 0 Å². The maximum Gasteiger partial charge on any atom is 0.496 e. The van der Waals surface area contributed by atoms with E-state index in [1.807, 2.05) is 0 Å². The maximum absolute atomic E-state index is 11.3. The average molecular weight is 578 g/mol. The average Bonchev–Trinajstić information content (AvgIpc) is 3.33. The van der Waals surface area contributed by atoms with Crippen molar-refractivity contribution in [3.05, 3.63) is 106 Å². The Morgan fingerprint density at radius 2 is 0.805 bits per heavy atom. The minimum absolute atomic E-state index is 0.394. The van der Waals surface area contributed by atoms with Crippen LogP contribution in [0.5, 0.6) is 0 Å². The predicted octanol–water partition coefficient (Wildman–Crippen LogP) is 3.51. The van der Waals surface area contributed by atoms with Crippen molar-refractivity contribution in [1.29, 1.82) is 0 Å². The van der Waals surface area contributed by atoms with Gasteiger partial charge in [0.1, 0.15) is 11.1 Å². The molecule has 3 rings (SSSR count). The number of urea groups is 1. The van der Waals surface area contributed by atoms with E-state index in [0.717, 1.165) is 0 Å². The van der Waals surface area contributed by atoms with Crippen molar-refractivity contribution in [2.45, 2.75) is 0 Å². The monoisotopic (exact) mass is 578 g/mol. The van der Waals surface area contributed by atoms with Crippen LogP contribution in [0, 0.1) is 70.8 Å². The summed E-state index contributed by atoms with van der Waals surface area (Å²) >= 11 is 0. The molecule has 41 heavy (non-hydrogen) atoms. The van der Waals surface area contributed by atoms with Crippen molar-refractivity contribution in [3.63, 3.8) is 0 Å². The van der Waals surface area contributed by atoms with Crippen LogP contribution in [-0.2, 0) is 0 Å². The van der Waals surface area contributed by atoms with Crippen molar-refractivity contribution in [2.75, 3.05) is 0 Å². The molecule has 0 saturated heterocycles. The van der Waals surface area contributed by atoms with E-state index in [4.69, 9.17) is 0 Å². The van der Waals surface area contributed by atoms with Gasteiger partial charge in [-0.1, -0.05) is 0 Å². The third kappa shape index (κ3) is 7.03. The first-order valence-electron chi connectivity index (χ1n) is 9.64. The lowest BCUT2D eigenvalue weighted by Gasteiger charge is -2.02. The molecule has 0 radical (unpaired) electrons. The Balaban J connectivity index is 0.000000553. The Bertz CT molecular complexity index is 1500. The molecule has 0 atom stereocenters. The van der Waals surface area contributed by atoms with Gasteiger partial charge in [-0.2, -0.15) is 0 Å². The summed E-state index contributed by atoms with van der Waals surface area (Å²) in [4.78, 5) is 81.6. The minimum atomic E-state index is -1.20. The summed E-state index contributed by atoms with van der Waals surface area (Å²) < 4.78 is 0. The van der Waals surface area contributed by atoms with Crippen molar-refractivity contribution in [2.24, 2.45) is 15.2 Å². The number of carbonyl (C=O) groups is 1. The smallest absolute Gasteiger partial charge is 0.390 e. The second-order valence-electron chi connectivity index (χ2n) is 6.82. The van der Waals surface area contributed by atoms with Crippen molar-refractivity contribution >= 4 is 58.3 Å². The number of hydrogen-bond acceptors (Lipinski definition) is 16. The van der Waals surface area contributed by atoms with Gasteiger partial charge in [0.15, 0.2) is 0 Å². The fourth-order valence-electron chi connectivity index (χ4n) is 2.84. The highest BCUT2D eigenvalue weighted by Crippen LogP contribution is 2.38. The lowest BCUT2D eigenvalue weighted by Crippen LogP contribution is -2.05. The summed E-state index contributed by atoms with van der Waals surface area (Å²) in [5.41, 5.74) is -8.21. The van der Waals surface area contributed by atoms with Crippen LogP contribution in [0.2, 0.25) is 0 Å². The van der Waals surface area contributed by atoms with E-state index >= 15 is 0 Å². The standard InChI is InChI=1S/C14H6N6O12.C2N4O3/c21-15(22)7-3-11(17(25)26)9(12(4-7)18(27)28)1-2-10-13(19(29)30)5-8(16(23)24)6-14(10)20(31)32;7-2-3-1(4-5-2)6(8)9/h1-6H;. The second-order valence-corrected chi connectivity index (χ2v) is 6.82. The van der Waals surface area contributed by atoms with Gasteiger partial charge in [0.2, 0.25) is 0 Å². The molecule has 0 bridgehead atoms. The first-order valence-corrected chi connectivity index (χ1v) is 9.64.